The van der Waals surface area contributed by atoms with Gasteiger partial charge in [0.05, 0.1) is 24.3 Å². The van der Waals surface area contributed by atoms with Crippen LogP contribution in [0.2, 0.25) is 5.02 Å². The van der Waals surface area contributed by atoms with Crippen molar-refractivity contribution in [2.24, 2.45) is 5.92 Å². The van der Waals surface area contributed by atoms with E-state index in [1.54, 1.807) is 18.2 Å². The number of hydrogen-bond donors (Lipinski definition) is 0. The molecule has 2 aromatic carbocycles. The van der Waals surface area contributed by atoms with Crippen LogP contribution < -0.4 is 14.8 Å². The van der Waals surface area contributed by atoms with Crippen LogP contribution in [0.3, 0.4) is 0 Å². The average Bonchev–Trinajstić information content (AvgIpc) is 2.55. The van der Waals surface area contributed by atoms with Gasteiger partial charge in [0.1, 0.15) is 11.5 Å². The van der Waals surface area contributed by atoms with Crippen LogP contribution in [-0.4, -0.2) is 38.1 Å². The molecule has 3 nitrogen and oxygen atoms in total. The van der Waals surface area contributed by atoms with Gasteiger partial charge in [-0.1, -0.05) is 43.6 Å². The molecule has 0 N–H and O–H groups in total. The number of ether oxygens (including phenoxy) is 2. The van der Waals surface area contributed by atoms with Crippen molar-refractivity contribution < 1.29 is 14.3 Å². The zero-order valence-electron chi connectivity index (χ0n) is 14.1. The normalized spacial score (nSPS) is 10.8. The monoisotopic (exact) mass is 372 g/mol. The Kier molecular flexibility index (Phi) is 9.62. The number of hydrogen-bond acceptors (Lipinski definition) is 3. The Morgan fingerprint density at radius 2 is 1.84 bits per heavy atom. The van der Waals surface area contributed by atoms with Crippen LogP contribution in [0, 0.1) is 5.92 Å². The molecule has 0 saturated carbocycles. The molecule has 2 rings (SSSR count). The van der Waals surface area contributed by atoms with Crippen LogP contribution in [0.25, 0.3) is 0 Å². The van der Waals surface area contributed by atoms with E-state index in [0.717, 1.165) is 17.5 Å². The van der Waals surface area contributed by atoms with Crippen LogP contribution >= 0.6 is 20.2 Å². The molecule has 0 aliphatic heterocycles. The average molecular weight is 373 g/mol. The van der Waals surface area contributed by atoms with E-state index in [2.05, 4.69) is 13.8 Å². The number of carbonyl (C=O) groups is 1. The van der Waals surface area contributed by atoms with E-state index in [4.69, 9.17) is 21.1 Å². The second kappa shape index (κ2) is 10.9. The quantitative estimate of drug-likeness (QED) is 0.513. The number of benzene rings is 2. The van der Waals surface area contributed by atoms with Crippen molar-refractivity contribution >= 4 is 49.9 Å². The summed E-state index contributed by atoms with van der Waals surface area (Å²) in [5.41, 5.74) is 0.406. The van der Waals surface area contributed by atoms with Crippen molar-refractivity contribution in [3.63, 3.8) is 0 Å². The van der Waals surface area contributed by atoms with E-state index in [9.17, 15) is 4.79 Å². The Balaban J connectivity index is 0.00000312. The van der Waals surface area contributed by atoms with E-state index in [1.807, 2.05) is 24.3 Å². The summed E-state index contributed by atoms with van der Waals surface area (Å²) in [7, 11) is 1.52. The molecular formula is C19H23ClLiO3P. The van der Waals surface area contributed by atoms with E-state index in [0.29, 0.717) is 28.9 Å². The van der Waals surface area contributed by atoms with Gasteiger partial charge in [0.15, 0.2) is 5.52 Å². The predicted octanol–water partition coefficient (Wildman–Crippen LogP) is 4.27. The number of halogens is 1. The van der Waals surface area contributed by atoms with Gasteiger partial charge in [0.2, 0.25) is 0 Å². The first-order valence-corrected chi connectivity index (χ1v) is 9.25. The van der Waals surface area contributed by atoms with Crippen LogP contribution in [-0.2, 0) is 0 Å². The van der Waals surface area contributed by atoms with Crippen LogP contribution in [0.5, 0.6) is 11.5 Å². The van der Waals surface area contributed by atoms with Gasteiger partial charge in [0, 0.05) is 0 Å². The van der Waals surface area contributed by atoms with Gasteiger partial charge in [0.25, 0.3) is 0 Å². The molecule has 0 spiro atoms. The maximum absolute atomic E-state index is 12.6. The summed E-state index contributed by atoms with van der Waals surface area (Å²) in [6, 6.07) is 12.9. The van der Waals surface area contributed by atoms with Gasteiger partial charge in [-0.3, -0.25) is 4.79 Å². The minimum atomic E-state index is -0.0362. The van der Waals surface area contributed by atoms with Crippen LogP contribution in [0.15, 0.2) is 42.5 Å². The van der Waals surface area contributed by atoms with Gasteiger partial charge < -0.3 is 9.47 Å². The second-order valence-corrected chi connectivity index (χ2v) is 7.52. The first-order valence-electron chi connectivity index (χ1n) is 7.88. The fourth-order valence-corrected chi connectivity index (χ4v) is 3.44. The van der Waals surface area contributed by atoms with Gasteiger partial charge >= 0.3 is 18.9 Å². The Morgan fingerprint density at radius 3 is 2.44 bits per heavy atom. The number of carbonyl (C=O) groups excluding carboxylic acids is 1. The van der Waals surface area contributed by atoms with Crippen molar-refractivity contribution in [2.45, 2.75) is 20.3 Å². The van der Waals surface area contributed by atoms with Gasteiger partial charge in [-0.2, -0.15) is 0 Å². The molecule has 0 aliphatic rings. The number of rotatable bonds is 8. The molecule has 0 bridgehead atoms. The molecule has 1 atom stereocenters. The Bertz CT molecular complexity index is 690. The van der Waals surface area contributed by atoms with Crippen molar-refractivity contribution in [3.8, 4) is 11.5 Å². The van der Waals surface area contributed by atoms with Crippen molar-refractivity contribution in [1.82, 2.24) is 0 Å². The summed E-state index contributed by atoms with van der Waals surface area (Å²) < 4.78 is 10.9. The summed E-state index contributed by atoms with van der Waals surface area (Å²) >= 11 is 6.16. The predicted molar refractivity (Wildman–Crippen MR) is 109 cm³/mol. The fraction of sp³-hybridized carbons (Fsp3) is 0.316. The van der Waals surface area contributed by atoms with Gasteiger partial charge in [-0.15, -0.1) is 0 Å². The van der Waals surface area contributed by atoms with E-state index < -0.39 is 0 Å². The van der Waals surface area contributed by atoms with E-state index in [1.165, 1.54) is 7.11 Å². The molecule has 130 valence electrons. The summed E-state index contributed by atoms with van der Waals surface area (Å²) in [5.74, 6) is 1.95. The SMILES string of the molecule is COc1cccc(Cl)c1C(=O)Pc1ccc(OCCC(C)C)cc1.[LiH]. The Labute approximate surface area is 168 Å². The molecule has 6 heteroatoms. The Hall–Kier alpha value is -0.973. The molecule has 0 heterocycles. The summed E-state index contributed by atoms with van der Waals surface area (Å²) in [5, 5.41) is 1.36. The first-order chi connectivity index (χ1) is 11.5. The summed E-state index contributed by atoms with van der Waals surface area (Å²) in [6.07, 6.45) is 1.02. The fourth-order valence-electron chi connectivity index (χ4n) is 2.14. The van der Waals surface area contributed by atoms with Crippen molar-refractivity contribution in [3.05, 3.63) is 53.1 Å². The van der Waals surface area contributed by atoms with Crippen molar-refractivity contribution in [2.75, 3.05) is 13.7 Å². The minimum absolute atomic E-state index is 0. The van der Waals surface area contributed by atoms with Crippen molar-refractivity contribution in [1.29, 1.82) is 0 Å². The molecular weight excluding hydrogens is 350 g/mol. The third-order valence-electron chi connectivity index (χ3n) is 3.50. The van der Waals surface area contributed by atoms with Crippen LogP contribution in [0.4, 0.5) is 0 Å². The molecule has 0 fully saturated rings. The zero-order valence-corrected chi connectivity index (χ0v) is 15.9. The summed E-state index contributed by atoms with van der Waals surface area (Å²) in [6.45, 7) is 5.04. The molecule has 1 unspecified atom stereocenters. The molecule has 2 aromatic rings. The summed E-state index contributed by atoms with van der Waals surface area (Å²) in [4.78, 5) is 12.6. The molecule has 0 amide bonds. The van der Waals surface area contributed by atoms with Crippen LogP contribution in [0.1, 0.15) is 30.6 Å². The van der Waals surface area contributed by atoms with Gasteiger partial charge in [-0.25, -0.2) is 0 Å². The molecule has 0 aliphatic carbocycles. The standard InChI is InChI=1S/C19H22ClO3P.Li.H/c1-13(2)11-12-23-14-7-9-15(10-8-14)24-19(21)18-16(20)5-4-6-17(18)22-3;;/h4-10,13,24H,11-12H2,1-3H3;;. The maximum atomic E-state index is 12.6. The van der Waals surface area contributed by atoms with E-state index in [-0.39, 0.29) is 33.0 Å². The third-order valence-corrected chi connectivity index (χ3v) is 4.91. The zero-order chi connectivity index (χ0) is 17.5. The Morgan fingerprint density at radius 1 is 1.16 bits per heavy atom. The van der Waals surface area contributed by atoms with Gasteiger partial charge in [-0.05, 0) is 50.5 Å². The molecule has 0 saturated heterocycles. The molecule has 25 heavy (non-hydrogen) atoms. The first kappa shape index (κ1) is 22.1. The topological polar surface area (TPSA) is 35.5 Å². The molecule has 0 radical (unpaired) electrons. The second-order valence-electron chi connectivity index (χ2n) is 5.83. The number of methoxy groups -OCH3 is 1. The van der Waals surface area contributed by atoms with E-state index >= 15 is 0 Å². The molecule has 0 aromatic heterocycles. The third kappa shape index (κ3) is 6.68.